The van der Waals surface area contributed by atoms with Crippen molar-refractivity contribution >= 4 is 21.9 Å². The SMILES string of the molecule is CC(=O)OCC(C)COc1cccc(NS(N)(=O)=O)c1C#N. The molecule has 0 radical (unpaired) electrons. The molecule has 0 aliphatic carbocycles. The molecular weight excluding hydrogens is 310 g/mol. The van der Waals surface area contributed by atoms with Gasteiger partial charge in [0.05, 0.1) is 18.9 Å². The molecule has 0 saturated heterocycles. The highest BCUT2D eigenvalue weighted by molar-refractivity contribution is 7.90. The van der Waals surface area contributed by atoms with Crippen LogP contribution in [0.2, 0.25) is 0 Å². The van der Waals surface area contributed by atoms with Gasteiger partial charge in [-0.3, -0.25) is 9.52 Å². The molecule has 0 amide bonds. The molecular formula is C13H17N3O5S. The van der Waals surface area contributed by atoms with E-state index >= 15 is 0 Å². The summed E-state index contributed by atoms with van der Waals surface area (Å²) in [7, 11) is -3.99. The first-order valence-corrected chi connectivity index (χ1v) is 7.87. The quantitative estimate of drug-likeness (QED) is 0.710. The van der Waals surface area contributed by atoms with Gasteiger partial charge in [0.25, 0.3) is 10.2 Å². The zero-order valence-electron chi connectivity index (χ0n) is 12.2. The number of anilines is 1. The number of nitriles is 1. The standard InChI is InChI=1S/C13H17N3O5S/c1-9(7-20-10(2)17)8-21-13-5-3-4-12(11(13)6-14)16-22(15,18)19/h3-5,9,16H,7-8H2,1-2H3,(H2,15,18,19). The van der Waals surface area contributed by atoms with Crippen LogP contribution in [0.1, 0.15) is 19.4 Å². The lowest BCUT2D eigenvalue weighted by Gasteiger charge is -2.15. The Morgan fingerprint density at radius 3 is 2.68 bits per heavy atom. The Morgan fingerprint density at radius 2 is 2.14 bits per heavy atom. The van der Waals surface area contributed by atoms with Gasteiger partial charge < -0.3 is 9.47 Å². The summed E-state index contributed by atoms with van der Waals surface area (Å²) in [5, 5.41) is 14.1. The Labute approximate surface area is 129 Å². The lowest BCUT2D eigenvalue weighted by molar-refractivity contribution is -0.142. The minimum absolute atomic E-state index is 0.0243. The molecule has 0 aliphatic heterocycles. The van der Waals surface area contributed by atoms with Crippen LogP contribution in [0.15, 0.2) is 18.2 Å². The fraction of sp³-hybridized carbons (Fsp3) is 0.385. The van der Waals surface area contributed by atoms with Gasteiger partial charge in [0.1, 0.15) is 17.4 Å². The lowest BCUT2D eigenvalue weighted by Crippen LogP contribution is -2.22. The Kier molecular flexibility index (Phi) is 6.15. The Balaban J connectivity index is 2.81. The number of nitrogens with two attached hydrogens (primary N) is 1. The minimum atomic E-state index is -3.99. The second-order valence-electron chi connectivity index (χ2n) is 4.66. The van der Waals surface area contributed by atoms with Crippen LogP contribution in [-0.4, -0.2) is 27.6 Å². The fourth-order valence-corrected chi connectivity index (χ4v) is 2.02. The van der Waals surface area contributed by atoms with Crippen molar-refractivity contribution in [2.75, 3.05) is 17.9 Å². The Hall–Kier alpha value is -2.31. The highest BCUT2D eigenvalue weighted by Gasteiger charge is 2.14. The highest BCUT2D eigenvalue weighted by Crippen LogP contribution is 2.26. The van der Waals surface area contributed by atoms with E-state index in [-0.39, 0.29) is 42.1 Å². The third-order valence-electron chi connectivity index (χ3n) is 2.48. The van der Waals surface area contributed by atoms with E-state index in [0.29, 0.717) is 0 Å². The number of benzene rings is 1. The number of ether oxygens (including phenoxy) is 2. The molecule has 1 aromatic carbocycles. The summed E-state index contributed by atoms with van der Waals surface area (Å²) >= 11 is 0. The maximum atomic E-state index is 11.1. The summed E-state index contributed by atoms with van der Waals surface area (Å²) in [6, 6.07) is 6.33. The molecule has 0 bridgehead atoms. The van der Waals surface area contributed by atoms with Crippen molar-refractivity contribution < 1.29 is 22.7 Å². The van der Waals surface area contributed by atoms with Gasteiger partial charge in [0.2, 0.25) is 0 Å². The molecule has 0 spiro atoms. The number of esters is 1. The zero-order chi connectivity index (χ0) is 16.8. The Bertz CT molecular complexity index is 681. The molecule has 0 aromatic heterocycles. The molecule has 0 heterocycles. The van der Waals surface area contributed by atoms with E-state index in [4.69, 9.17) is 19.9 Å². The first-order chi connectivity index (χ1) is 10.2. The van der Waals surface area contributed by atoms with Gasteiger partial charge >= 0.3 is 5.97 Å². The summed E-state index contributed by atoms with van der Waals surface area (Å²) < 4.78 is 34.5. The summed E-state index contributed by atoms with van der Waals surface area (Å²) in [4.78, 5) is 10.7. The maximum absolute atomic E-state index is 11.1. The van der Waals surface area contributed by atoms with E-state index in [1.54, 1.807) is 6.92 Å². The molecule has 0 fully saturated rings. The maximum Gasteiger partial charge on any atom is 0.302 e. The van der Waals surface area contributed by atoms with Gasteiger partial charge in [-0.25, -0.2) is 5.14 Å². The predicted molar refractivity (Wildman–Crippen MR) is 79.2 cm³/mol. The average molecular weight is 327 g/mol. The minimum Gasteiger partial charge on any atom is -0.492 e. The van der Waals surface area contributed by atoms with Crippen LogP contribution in [-0.2, 0) is 19.7 Å². The summed E-state index contributed by atoms with van der Waals surface area (Å²) in [5.41, 5.74) is 0.0614. The predicted octanol–water partition coefficient (Wildman–Crippen LogP) is 0.752. The van der Waals surface area contributed by atoms with Gasteiger partial charge in [0, 0.05) is 12.8 Å². The van der Waals surface area contributed by atoms with Crippen LogP contribution in [0, 0.1) is 17.2 Å². The van der Waals surface area contributed by atoms with Crippen molar-refractivity contribution in [1.82, 2.24) is 0 Å². The van der Waals surface area contributed by atoms with Crippen LogP contribution in [0.25, 0.3) is 0 Å². The second kappa shape index (κ2) is 7.63. The van der Waals surface area contributed by atoms with Crippen LogP contribution >= 0.6 is 0 Å². The monoisotopic (exact) mass is 327 g/mol. The smallest absolute Gasteiger partial charge is 0.302 e. The van der Waals surface area contributed by atoms with Crippen LogP contribution in [0.4, 0.5) is 5.69 Å². The van der Waals surface area contributed by atoms with Crippen LogP contribution < -0.4 is 14.6 Å². The molecule has 0 aliphatic rings. The number of hydrogen-bond acceptors (Lipinski definition) is 6. The molecule has 3 N–H and O–H groups in total. The number of nitrogens with one attached hydrogen (secondary N) is 1. The number of nitrogens with zero attached hydrogens (tertiary/aromatic N) is 1. The number of rotatable bonds is 7. The van der Waals surface area contributed by atoms with Gasteiger partial charge in [-0.05, 0) is 12.1 Å². The second-order valence-corrected chi connectivity index (χ2v) is 5.95. The van der Waals surface area contributed by atoms with Crippen molar-refractivity contribution in [3.63, 3.8) is 0 Å². The summed E-state index contributed by atoms with van der Waals surface area (Å²) in [5.74, 6) is -0.264. The first-order valence-electron chi connectivity index (χ1n) is 6.32. The van der Waals surface area contributed by atoms with Crippen molar-refractivity contribution in [1.29, 1.82) is 5.26 Å². The number of hydrogen-bond donors (Lipinski definition) is 2. The zero-order valence-corrected chi connectivity index (χ0v) is 13.0. The third-order valence-corrected chi connectivity index (χ3v) is 2.99. The topological polar surface area (TPSA) is 132 Å². The van der Waals surface area contributed by atoms with Crippen molar-refractivity contribution in [2.45, 2.75) is 13.8 Å². The number of carbonyl (C=O) groups is 1. The van der Waals surface area contributed by atoms with Crippen molar-refractivity contribution in [2.24, 2.45) is 11.1 Å². The largest absolute Gasteiger partial charge is 0.492 e. The van der Waals surface area contributed by atoms with E-state index < -0.39 is 10.2 Å². The third kappa shape index (κ3) is 5.99. The van der Waals surface area contributed by atoms with Gasteiger partial charge in [-0.2, -0.15) is 13.7 Å². The molecule has 9 heteroatoms. The first kappa shape index (κ1) is 17.7. The van der Waals surface area contributed by atoms with E-state index in [2.05, 4.69) is 0 Å². The molecule has 120 valence electrons. The van der Waals surface area contributed by atoms with Gasteiger partial charge in [-0.15, -0.1) is 0 Å². The van der Waals surface area contributed by atoms with E-state index in [1.165, 1.54) is 25.1 Å². The molecule has 0 saturated carbocycles. The van der Waals surface area contributed by atoms with Crippen LogP contribution in [0.5, 0.6) is 5.75 Å². The molecule has 22 heavy (non-hydrogen) atoms. The van der Waals surface area contributed by atoms with Crippen molar-refractivity contribution in [3.05, 3.63) is 23.8 Å². The van der Waals surface area contributed by atoms with E-state index in [9.17, 15) is 13.2 Å². The van der Waals surface area contributed by atoms with Gasteiger partial charge in [0.15, 0.2) is 0 Å². The summed E-state index contributed by atoms with van der Waals surface area (Å²) in [6.45, 7) is 3.50. The van der Waals surface area contributed by atoms with Crippen LogP contribution in [0.3, 0.4) is 0 Å². The Morgan fingerprint density at radius 1 is 1.45 bits per heavy atom. The normalized spacial score (nSPS) is 12.1. The van der Waals surface area contributed by atoms with E-state index in [1.807, 2.05) is 10.8 Å². The molecule has 8 nitrogen and oxygen atoms in total. The molecule has 1 atom stereocenters. The lowest BCUT2D eigenvalue weighted by atomic mass is 10.1. The van der Waals surface area contributed by atoms with Crippen molar-refractivity contribution in [3.8, 4) is 11.8 Å². The average Bonchev–Trinajstić information content (AvgIpc) is 2.41. The van der Waals surface area contributed by atoms with E-state index in [0.717, 1.165) is 0 Å². The number of carbonyl (C=O) groups excluding carboxylic acids is 1. The fourth-order valence-electron chi connectivity index (χ4n) is 1.54. The summed E-state index contributed by atoms with van der Waals surface area (Å²) in [6.07, 6.45) is 0. The highest BCUT2D eigenvalue weighted by atomic mass is 32.2. The van der Waals surface area contributed by atoms with Gasteiger partial charge in [-0.1, -0.05) is 13.0 Å². The molecule has 1 unspecified atom stereocenters. The molecule has 1 rings (SSSR count). The molecule has 1 aromatic rings.